The molecule has 11 heteroatoms. The molecule has 10 nitrogen and oxygen atoms in total. The summed E-state index contributed by atoms with van der Waals surface area (Å²) in [5.74, 6) is -0.938. The van der Waals surface area contributed by atoms with Crippen LogP contribution < -0.4 is 27.4 Å². The van der Waals surface area contributed by atoms with E-state index in [1.54, 1.807) is 19.1 Å². The van der Waals surface area contributed by atoms with Gasteiger partial charge < -0.3 is 32.2 Å². The largest absolute Gasteiger partial charge is 0.462 e. The molecule has 0 saturated carbocycles. The molecule has 0 aromatic heterocycles. The fraction of sp³-hybridized carbons (Fsp3) is 0.200. The van der Waals surface area contributed by atoms with Gasteiger partial charge >= 0.3 is 5.97 Å². The predicted octanol–water partition coefficient (Wildman–Crippen LogP) is 0.489. The van der Waals surface area contributed by atoms with E-state index in [0.717, 1.165) is 0 Å². The lowest BCUT2D eigenvalue weighted by molar-refractivity contribution is -0.137. The van der Waals surface area contributed by atoms with E-state index in [4.69, 9.17) is 16.2 Å². The minimum atomic E-state index is -0.698. The molecular weight excluding hydrogens is 418 g/mol. The van der Waals surface area contributed by atoms with Crippen molar-refractivity contribution in [2.24, 2.45) is 21.5 Å². The molecular formula is C20H21N7O3S. The van der Waals surface area contributed by atoms with Crippen LogP contribution >= 0.6 is 11.8 Å². The van der Waals surface area contributed by atoms with E-state index in [0.29, 0.717) is 27.8 Å². The number of carbonyl (C=O) groups is 2. The summed E-state index contributed by atoms with van der Waals surface area (Å²) in [5, 5.41) is 9.44. The SMILES string of the molecule is CCOC(=O)C1=C2N=C(SC)NC3=C2C(N=C1N)NC(N)=C3C(=O)Nc1ccccc1. The smallest absolute Gasteiger partial charge is 0.344 e. The molecule has 3 aliphatic heterocycles. The molecule has 1 aromatic rings. The van der Waals surface area contributed by atoms with Gasteiger partial charge in [0.1, 0.15) is 22.8 Å². The minimum Gasteiger partial charge on any atom is -0.462 e. The Bertz CT molecular complexity index is 1120. The zero-order valence-corrected chi connectivity index (χ0v) is 17.7. The van der Waals surface area contributed by atoms with Gasteiger partial charge in [0.25, 0.3) is 5.91 Å². The molecule has 0 spiro atoms. The van der Waals surface area contributed by atoms with E-state index < -0.39 is 18.0 Å². The second kappa shape index (κ2) is 8.19. The summed E-state index contributed by atoms with van der Waals surface area (Å²) in [7, 11) is 0. The Morgan fingerprint density at radius 2 is 1.97 bits per heavy atom. The van der Waals surface area contributed by atoms with Crippen LogP contribution in [-0.4, -0.2) is 41.9 Å². The highest BCUT2D eigenvalue weighted by molar-refractivity contribution is 8.13. The Hall–Kier alpha value is -3.73. The van der Waals surface area contributed by atoms with Gasteiger partial charge in [-0.05, 0) is 25.3 Å². The van der Waals surface area contributed by atoms with Crippen LogP contribution in [0.25, 0.3) is 0 Å². The molecule has 1 atom stereocenters. The molecule has 3 heterocycles. The maximum absolute atomic E-state index is 13.2. The first-order valence-electron chi connectivity index (χ1n) is 9.46. The van der Waals surface area contributed by atoms with Crippen molar-refractivity contribution in [1.29, 1.82) is 0 Å². The van der Waals surface area contributed by atoms with Crippen LogP contribution in [0.5, 0.6) is 0 Å². The number of esters is 1. The highest BCUT2D eigenvalue weighted by atomic mass is 32.2. The molecule has 160 valence electrons. The van der Waals surface area contributed by atoms with Crippen molar-refractivity contribution in [1.82, 2.24) is 10.6 Å². The van der Waals surface area contributed by atoms with Crippen molar-refractivity contribution in [3.8, 4) is 0 Å². The van der Waals surface area contributed by atoms with Crippen LogP contribution in [0.2, 0.25) is 0 Å². The van der Waals surface area contributed by atoms with Crippen LogP contribution in [0.15, 0.2) is 74.3 Å². The summed E-state index contributed by atoms with van der Waals surface area (Å²) in [6.07, 6.45) is 1.12. The van der Waals surface area contributed by atoms with Crippen molar-refractivity contribution >= 4 is 40.3 Å². The van der Waals surface area contributed by atoms with E-state index in [1.165, 1.54) is 11.8 Å². The third-order valence-electron chi connectivity index (χ3n) is 4.75. The molecule has 4 rings (SSSR count). The quantitative estimate of drug-likeness (QED) is 0.424. The summed E-state index contributed by atoms with van der Waals surface area (Å²) in [5.41, 5.74) is 14.4. The van der Waals surface area contributed by atoms with Gasteiger partial charge in [0.2, 0.25) is 0 Å². The Kier molecular flexibility index (Phi) is 5.42. The van der Waals surface area contributed by atoms with Crippen LogP contribution in [0.3, 0.4) is 0 Å². The predicted molar refractivity (Wildman–Crippen MR) is 120 cm³/mol. The van der Waals surface area contributed by atoms with Crippen molar-refractivity contribution in [3.63, 3.8) is 0 Å². The van der Waals surface area contributed by atoms with E-state index in [2.05, 4.69) is 25.9 Å². The molecule has 1 aromatic carbocycles. The number of carbonyl (C=O) groups excluding carboxylic acids is 2. The minimum absolute atomic E-state index is 0.00913. The molecule has 0 fully saturated rings. The average Bonchev–Trinajstić information content (AvgIpc) is 2.73. The third kappa shape index (κ3) is 3.63. The number of ether oxygens (including phenoxy) is 1. The van der Waals surface area contributed by atoms with Crippen molar-refractivity contribution in [3.05, 3.63) is 64.3 Å². The molecule has 0 radical (unpaired) electrons. The fourth-order valence-corrected chi connectivity index (χ4v) is 3.82. The van der Waals surface area contributed by atoms with Gasteiger partial charge in [0.05, 0.1) is 18.0 Å². The first kappa shape index (κ1) is 20.5. The number of nitrogens with zero attached hydrogens (tertiary/aromatic N) is 2. The summed E-state index contributed by atoms with van der Waals surface area (Å²) >= 11 is 1.32. The first-order chi connectivity index (χ1) is 14.9. The van der Waals surface area contributed by atoms with Gasteiger partial charge in [0.15, 0.2) is 11.3 Å². The number of hydrogen-bond donors (Lipinski definition) is 5. The number of amidine groups is 2. The monoisotopic (exact) mass is 439 g/mol. The number of thioether (sulfide) groups is 1. The highest BCUT2D eigenvalue weighted by Gasteiger charge is 2.41. The number of nitrogens with two attached hydrogens (primary N) is 2. The summed E-state index contributed by atoms with van der Waals surface area (Å²) in [6.45, 7) is 1.87. The lowest BCUT2D eigenvalue weighted by atomic mass is 9.91. The number of nitrogens with one attached hydrogen (secondary N) is 3. The topological polar surface area (TPSA) is 156 Å². The highest BCUT2D eigenvalue weighted by Crippen LogP contribution is 2.37. The van der Waals surface area contributed by atoms with Gasteiger partial charge in [0, 0.05) is 11.3 Å². The zero-order valence-electron chi connectivity index (χ0n) is 16.9. The number of hydrogen-bond acceptors (Lipinski definition) is 10. The van der Waals surface area contributed by atoms with E-state index >= 15 is 0 Å². The van der Waals surface area contributed by atoms with E-state index in [-0.39, 0.29) is 29.4 Å². The maximum Gasteiger partial charge on any atom is 0.344 e. The van der Waals surface area contributed by atoms with Crippen LogP contribution in [0.1, 0.15) is 6.92 Å². The molecule has 31 heavy (non-hydrogen) atoms. The lowest BCUT2D eigenvalue weighted by Gasteiger charge is -2.36. The molecule has 0 saturated heterocycles. The second-order valence-electron chi connectivity index (χ2n) is 6.65. The van der Waals surface area contributed by atoms with Crippen molar-refractivity contribution < 1.29 is 14.3 Å². The molecule has 1 amide bonds. The number of rotatable bonds is 4. The molecule has 1 unspecified atom stereocenters. The summed E-state index contributed by atoms with van der Waals surface area (Å²) in [6, 6.07) is 9.01. The average molecular weight is 440 g/mol. The maximum atomic E-state index is 13.2. The Morgan fingerprint density at radius 1 is 1.23 bits per heavy atom. The van der Waals surface area contributed by atoms with Gasteiger partial charge in [-0.15, -0.1) is 0 Å². The van der Waals surface area contributed by atoms with E-state index in [9.17, 15) is 9.59 Å². The van der Waals surface area contributed by atoms with E-state index in [1.807, 2.05) is 24.5 Å². The van der Waals surface area contributed by atoms with Crippen LogP contribution in [0, 0.1) is 0 Å². The molecule has 7 N–H and O–H groups in total. The molecule has 3 aliphatic rings. The van der Waals surface area contributed by atoms with Gasteiger partial charge in [-0.3, -0.25) is 4.79 Å². The fourth-order valence-electron chi connectivity index (χ4n) is 3.44. The summed E-state index contributed by atoms with van der Waals surface area (Å²) < 4.78 is 5.15. The number of amides is 1. The van der Waals surface area contributed by atoms with Crippen molar-refractivity contribution in [2.45, 2.75) is 13.1 Å². The molecule has 0 bridgehead atoms. The Morgan fingerprint density at radius 3 is 2.65 bits per heavy atom. The van der Waals surface area contributed by atoms with Gasteiger partial charge in [-0.25, -0.2) is 14.8 Å². The number of benzene rings is 1. The standard InChI is InChI=1S/C20H21N7O3S/c1-3-30-19(29)12-14-10-13(24-20(25-14)31-2)11(15(21)26-17(10)27-16(12)22)18(28)23-9-7-5-4-6-8-9/h4-8,17,26H,3,21H2,1-2H3,(H2,22,27)(H,23,28)(H,24,25). The van der Waals surface area contributed by atoms with Crippen molar-refractivity contribution in [2.75, 3.05) is 18.2 Å². The first-order valence-corrected chi connectivity index (χ1v) is 10.7. The Labute approximate surface area is 182 Å². The third-order valence-corrected chi connectivity index (χ3v) is 5.33. The van der Waals surface area contributed by atoms with Gasteiger partial charge in [-0.1, -0.05) is 30.0 Å². The number of dihydropyridines is 2. The zero-order chi connectivity index (χ0) is 22.1. The number of para-hydroxylation sites is 1. The molecule has 0 aliphatic carbocycles. The Balaban J connectivity index is 1.84. The number of aliphatic imine (C=N–C) groups is 2. The van der Waals surface area contributed by atoms with Crippen LogP contribution in [0.4, 0.5) is 5.69 Å². The number of anilines is 1. The second-order valence-corrected chi connectivity index (χ2v) is 7.44. The lowest BCUT2D eigenvalue weighted by Crippen LogP contribution is -2.48. The summed E-state index contributed by atoms with van der Waals surface area (Å²) in [4.78, 5) is 34.6. The van der Waals surface area contributed by atoms with Crippen LogP contribution in [-0.2, 0) is 14.3 Å². The normalized spacial score (nSPS) is 19.6. The van der Waals surface area contributed by atoms with Gasteiger partial charge in [-0.2, -0.15) is 0 Å².